The highest BCUT2D eigenvalue weighted by Gasteiger charge is 2.25. The van der Waals surface area contributed by atoms with E-state index in [2.05, 4.69) is 159 Å². The number of rotatable bonds is 3. The molecule has 0 saturated heterocycles. The maximum Gasteiger partial charge on any atom is 0.169 e. The quantitative estimate of drug-likeness (QED) is 0.170. The molecule has 2 aromatic rings. The second-order valence-corrected chi connectivity index (χ2v) is 12.5. The molecule has 134 valence electrons. The number of hydrogen-bond donors (Lipinski definition) is 0. The van der Waals surface area contributed by atoms with Gasteiger partial charge in [0, 0.05) is 56.7 Å². The molecule has 0 radical (unpaired) electrons. The summed E-state index contributed by atoms with van der Waals surface area (Å²) >= 11 is 35.2. The Morgan fingerprint density at radius 1 is 0.480 bits per heavy atom. The third kappa shape index (κ3) is 4.81. The maximum absolute atomic E-state index is 13.1. The molecule has 0 aliphatic carbocycles. The van der Waals surface area contributed by atoms with E-state index in [0.29, 0.717) is 14.5 Å². The van der Waals surface area contributed by atoms with Crippen molar-refractivity contribution >= 4 is 165 Å². The molecule has 0 aliphatic heterocycles. The molecule has 2 rings (SSSR count). The van der Waals surface area contributed by atoms with Crippen molar-refractivity contribution in [1.29, 1.82) is 0 Å². The zero-order valence-corrected chi connectivity index (χ0v) is 27.3. The summed E-state index contributed by atoms with van der Waals surface area (Å²) in [6.07, 6.45) is 0.198. The van der Waals surface area contributed by atoms with Gasteiger partial charge < -0.3 is 0 Å². The molecule has 0 amide bonds. The minimum atomic E-state index is -0.0461. The summed E-state index contributed by atoms with van der Waals surface area (Å²) in [5.41, 5.74) is 1.39. The predicted molar refractivity (Wildman–Crippen MR) is 138 cm³/mol. The van der Waals surface area contributed by atoms with E-state index < -0.39 is 0 Å². The Hall–Kier alpha value is 2.91. The van der Waals surface area contributed by atoms with Crippen LogP contribution in [0.2, 0.25) is 0 Å². The fourth-order valence-corrected chi connectivity index (χ4v) is 8.80. The SMILES string of the molecule is O=C(Cc1c(Br)c(Br)c(Br)c(Br)c1Br)c1c(Br)c(Br)c(Br)c(Br)c1Br. The Kier molecular flexibility index (Phi) is 9.49. The van der Waals surface area contributed by atoms with Crippen LogP contribution < -0.4 is 0 Å². The van der Waals surface area contributed by atoms with Crippen molar-refractivity contribution < 1.29 is 4.79 Å². The summed E-state index contributed by atoms with van der Waals surface area (Å²) in [5.74, 6) is -0.0461. The Bertz CT molecular complexity index is 847. The lowest BCUT2D eigenvalue weighted by molar-refractivity contribution is 0.0991. The van der Waals surface area contributed by atoms with Crippen LogP contribution in [-0.2, 0) is 6.42 Å². The van der Waals surface area contributed by atoms with Crippen molar-refractivity contribution in [3.8, 4) is 0 Å². The van der Waals surface area contributed by atoms with Gasteiger partial charge >= 0.3 is 0 Å². The van der Waals surface area contributed by atoms with E-state index in [-0.39, 0.29) is 12.2 Å². The fraction of sp³-hybridized carbons (Fsp3) is 0.0714. The van der Waals surface area contributed by atoms with Gasteiger partial charge in [0.1, 0.15) is 0 Å². The molecule has 2 aromatic carbocycles. The van der Waals surface area contributed by atoms with Gasteiger partial charge in [0.05, 0.1) is 0 Å². The number of carbonyl (C=O) groups excluding carboxylic acids is 1. The number of hydrogen-bond acceptors (Lipinski definition) is 1. The van der Waals surface area contributed by atoms with Crippen LogP contribution in [0.4, 0.5) is 0 Å². The lowest BCUT2D eigenvalue weighted by atomic mass is 10.0. The van der Waals surface area contributed by atoms with Crippen molar-refractivity contribution in [2.75, 3.05) is 0 Å². The van der Waals surface area contributed by atoms with Gasteiger partial charge in [-0.05, 0) is 165 Å². The Morgan fingerprint density at radius 2 is 0.760 bits per heavy atom. The maximum atomic E-state index is 13.1. The minimum Gasteiger partial charge on any atom is -0.294 e. The molecule has 0 unspecified atom stereocenters. The van der Waals surface area contributed by atoms with E-state index >= 15 is 0 Å². The minimum absolute atomic E-state index is 0.0461. The molecule has 25 heavy (non-hydrogen) atoms. The third-order valence-electron chi connectivity index (χ3n) is 3.13. The fourth-order valence-electron chi connectivity index (χ4n) is 1.90. The number of halogens is 10. The molecule has 0 bridgehead atoms. The van der Waals surface area contributed by atoms with E-state index in [1.165, 1.54) is 0 Å². The number of ketones is 1. The van der Waals surface area contributed by atoms with Gasteiger partial charge in [0.25, 0.3) is 0 Å². The van der Waals surface area contributed by atoms with Crippen LogP contribution in [-0.4, -0.2) is 5.78 Å². The van der Waals surface area contributed by atoms with Crippen LogP contribution in [0.25, 0.3) is 0 Å². The predicted octanol–water partition coefficient (Wildman–Crippen LogP) is 10.7. The summed E-state index contributed by atoms with van der Waals surface area (Å²) in [6, 6.07) is 0. The summed E-state index contributed by atoms with van der Waals surface area (Å²) in [7, 11) is 0. The monoisotopic (exact) mass is 975 g/mol. The summed E-state index contributed by atoms with van der Waals surface area (Å²) in [6.45, 7) is 0. The van der Waals surface area contributed by atoms with Crippen molar-refractivity contribution in [2.45, 2.75) is 6.42 Å². The van der Waals surface area contributed by atoms with Gasteiger partial charge in [0.15, 0.2) is 5.78 Å². The first-order chi connectivity index (χ1) is 11.5. The second kappa shape index (κ2) is 9.81. The highest BCUT2D eigenvalue weighted by Crippen LogP contribution is 2.47. The van der Waals surface area contributed by atoms with Crippen molar-refractivity contribution in [2.24, 2.45) is 0 Å². The zero-order chi connectivity index (χ0) is 19.2. The first kappa shape index (κ1) is 24.2. The molecule has 11 heteroatoms. The van der Waals surface area contributed by atoms with E-state index in [1.54, 1.807) is 0 Å². The standard InChI is InChI=1S/C14H2Br10O/c15-5-2(6(16)10(20)13(23)9(5)19)1-3(25)4-7(17)11(21)14(24)12(22)8(4)18/h1H2. The topological polar surface area (TPSA) is 17.1 Å². The summed E-state index contributed by atoms with van der Waals surface area (Å²) in [5, 5.41) is 0. The van der Waals surface area contributed by atoms with Crippen LogP contribution in [0.15, 0.2) is 44.7 Å². The molecule has 0 heterocycles. The molecular weight excluding hydrogens is 983 g/mol. The summed E-state index contributed by atoms with van der Waals surface area (Å²) < 4.78 is 7.87. The number of Topliss-reactive ketones (excluding diaryl/α,β-unsaturated/α-hetero) is 1. The second-order valence-electron chi connectivity index (χ2n) is 4.59. The van der Waals surface area contributed by atoms with Gasteiger partial charge in [-0.25, -0.2) is 0 Å². The molecule has 0 aliphatic rings. The van der Waals surface area contributed by atoms with Crippen LogP contribution in [0.5, 0.6) is 0 Å². The smallest absolute Gasteiger partial charge is 0.169 e. The van der Waals surface area contributed by atoms with Crippen molar-refractivity contribution in [3.05, 3.63) is 55.9 Å². The molecular formula is C14H2Br10O. The molecule has 1 nitrogen and oxygen atoms in total. The average Bonchev–Trinajstić information content (AvgIpc) is 2.58. The van der Waals surface area contributed by atoms with Crippen LogP contribution in [0, 0.1) is 0 Å². The van der Waals surface area contributed by atoms with Crippen LogP contribution in [0.3, 0.4) is 0 Å². The third-order valence-corrected chi connectivity index (χ3v) is 15.5. The van der Waals surface area contributed by atoms with Gasteiger partial charge in [0.2, 0.25) is 0 Å². The van der Waals surface area contributed by atoms with Crippen LogP contribution >= 0.6 is 159 Å². The molecule has 0 spiro atoms. The van der Waals surface area contributed by atoms with Crippen molar-refractivity contribution in [1.82, 2.24) is 0 Å². The van der Waals surface area contributed by atoms with Gasteiger partial charge in [-0.3, -0.25) is 4.79 Å². The first-order valence-corrected chi connectivity index (χ1v) is 14.0. The molecule has 0 N–H and O–H groups in total. The Morgan fingerprint density at radius 3 is 1.12 bits per heavy atom. The Labute approximate surface area is 228 Å². The lowest BCUT2D eigenvalue weighted by Crippen LogP contribution is -2.08. The van der Waals surface area contributed by atoms with E-state index in [0.717, 1.165) is 41.3 Å². The van der Waals surface area contributed by atoms with E-state index in [1.807, 2.05) is 0 Å². The van der Waals surface area contributed by atoms with Gasteiger partial charge in [-0.15, -0.1) is 0 Å². The highest BCUT2D eigenvalue weighted by molar-refractivity contribution is 9.16. The van der Waals surface area contributed by atoms with E-state index in [9.17, 15) is 4.79 Å². The number of carbonyl (C=O) groups is 1. The molecule has 0 atom stereocenters. The Balaban J connectivity index is 2.61. The van der Waals surface area contributed by atoms with Crippen LogP contribution in [0.1, 0.15) is 15.9 Å². The van der Waals surface area contributed by atoms with Crippen molar-refractivity contribution in [3.63, 3.8) is 0 Å². The number of benzene rings is 2. The zero-order valence-electron chi connectivity index (χ0n) is 11.4. The van der Waals surface area contributed by atoms with E-state index in [4.69, 9.17) is 0 Å². The highest BCUT2D eigenvalue weighted by atomic mass is 79.9. The van der Waals surface area contributed by atoms with Gasteiger partial charge in [-0.1, -0.05) is 0 Å². The van der Waals surface area contributed by atoms with Gasteiger partial charge in [-0.2, -0.15) is 0 Å². The summed E-state index contributed by atoms with van der Waals surface area (Å²) in [4.78, 5) is 13.1. The average molecular weight is 985 g/mol. The normalized spacial score (nSPS) is 11.1. The first-order valence-electron chi connectivity index (χ1n) is 6.05. The molecule has 0 aromatic heterocycles. The molecule has 0 fully saturated rings. The molecule has 0 saturated carbocycles. The lowest BCUT2D eigenvalue weighted by Gasteiger charge is -2.16. The largest absolute Gasteiger partial charge is 0.294 e.